The van der Waals surface area contributed by atoms with Crippen LogP contribution >= 0.6 is 0 Å². The van der Waals surface area contributed by atoms with Gasteiger partial charge in [0.05, 0.1) is 19.8 Å². The van der Waals surface area contributed by atoms with Crippen molar-refractivity contribution in [1.29, 1.82) is 0 Å². The number of methoxy groups -OCH3 is 2. The van der Waals surface area contributed by atoms with Crippen LogP contribution < -0.4 is 0 Å². The number of esters is 2. The van der Waals surface area contributed by atoms with Gasteiger partial charge in [0, 0.05) is 0 Å². The van der Waals surface area contributed by atoms with E-state index in [2.05, 4.69) is 19.9 Å². The van der Waals surface area contributed by atoms with E-state index in [9.17, 15) is 14.7 Å². The summed E-state index contributed by atoms with van der Waals surface area (Å²) in [5, 5.41) is 10.7. The van der Waals surface area contributed by atoms with E-state index >= 15 is 0 Å². The zero-order valence-corrected chi connectivity index (χ0v) is 17.2. The van der Waals surface area contributed by atoms with Gasteiger partial charge in [-0.15, -0.1) is 0 Å². The molecule has 2 aliphatic carbocycles. The molecule has 152 valence electrons. The molecule has 0 aliphatic heterocycles. The van der Waals surface area contributed by atoms with Gasteiger partial charge < -0.3 is 14.6 Å². The van der Waals surface area contributed by atoms with E-state index in [1.165, 1.54) is 31.8 Å². The Morgan fingerprint density at radius 2 is 1.67 bits per heavy atom. The highest BCUT2D eigenvalue weighted by Crippen LogP contribution is 2.46. The molecule has 2 fully saturated rings. The van der Waals surface area contributed by atoms with E-state index in [4.69, 9.17) is 9.47 Å². The summed E-state index contributed by atoms with van der Waals surface area (Å²) in [6.07, 6.45) is 11.1. The van der Waals surface area contributed by atoms with Gasteiger partial charge in [0.2, 0.25) is 0 Å². The number of aliphatic hydroxyl groups is 1. The van der Waals surface area contributed by atoms with Crippen molar-refractivity contribution in [1.82, 2.24) is 0 Å². The summed E-state index contributed by atoms with van der Waals surface area (Å²) in [5.74, 6) is -1.08. The number of hydrogen-bond donors (Lipinski definition) is 1. The Bertz CT molecular complexity index is 590. The molecular formula is C22H34O5. The summed E-state index contributed by atoms with van der Waals surface area (Å²) in [6, 6.07) is 0. The minimum absolute atomic E-state index is 0.0332. The molecule has 0 radical (unpaired) electrons. The number of rotatable bonds is 5. The van der Waals surface area contributed by atoms with Gasteiger partial charge in [0.1, 0.15) is 0 Å². The van der Waals surface area contributed by atoms with Crippen molar-refractivity contribution in [2.24, 2.45) is 11.3 Å². The van der Waals surface area contributed by atoms with E-state index in [-0.39, 0.29) is 5.92 Å². The van der Waals surface area contributed by atoms with Crippen LogP contribution in [0.4, 0.5) is 0 Å². The molecule has 2 rings (SSSR count). The minimum Gasteiger partial charge on any atom is -0.468 e. The van der Waals surface area contributed by atoms with E-state index in [1.807, 2.05) is 6.08 Å². The van der Waals surface area contributed by atoms with Crippen LogP contribution in [0.2, 0.25) is 0 Å². The summed E-state index contributed by atoms with van der Waals surface area (Å²) in [4.78, 5) is 25.0. The smallest absolute Gasteiger partial charge is 0.323 e. The van der Waals surface area contributed by atoms with Crippen molar-refractivity contribution >= 4 is 11.9 Å². The summed E-state index contributed by atoms with van der Waals surface area (Å²) >= 11 is 0. The second-order valence-corrected chi connectivity index (χ2v) is 8.32. The summed E-state index contributed by atoms with van der Waals surface area (Å²) < 4.78 is 9.91. The van der Waals surface area contributed by atoms with Gasteiger partial charge in [-0.25, -0.2) is 0 Å². The molecule has 0 saturated heterocycles. The lowest BCUT2D eigenvalue weighted by atomic mass is 9.66. The van der Waals surface area contributed by atoms with Crippen LogP contribution in [0.5, 0.6) is 0 Å². The lowest BCUT2D eigenvalue weighted by molar-refractivity contribution is -0.171. The largest absolute Gasteiger partial charge is 0.468 e. The molecule has 1 N–H and O–H groups in total. The van der Waals surface area contributed by atoms with Crippen LogP contribution in [0.25, 0.3) is 0 Å². The van der Waals surface area contributed by atoms with Gasteiger partial charge in [-0.3, -0.25) is 9.59 Å². The molecule has 0 heterocycles. The maximum atomic E-state index is 12.5. The van der Waals surface area contributed by atoms with Crippen molar-refractivity contribution in [2.75, 3.05) is 14.2 Å². The van der Waals surface area contributed by atoms with Gasteiger partial charge in [0.25, 0.3) is 0 Å². The van der Waals surface area contributed by atoms with Crippen LogP contribution in [0.15, 0.2) is 23.3 Å². The predicted molar refractivity (Wildman–Crippen MR) is 104 cm³/mol. The Hall–Kier alpha value is -1.62. The monoisotopic (exact) mass is 378 g/mol. The third kappa shape index (κ3) is 4.81. The number of allylic oxidation sites excluding steroid dienone is 3. The summed E-state index contributed by atoms with van der Waals surface area (Å²) in [6.45, 7) is 4.13. The molecule has 0 bridgehead atoms. The van der Waals surface area contributed by atoms with Gasteiger partial charge in [-0.1, -0.05) is 42.6 Å². The topological polar surface area (TPSA) is 72.8 Å². The first-order chi connectivity index (χ1) is 12.8. The van der Waals surface area contributed by atoms with Crippen molar-refractivity contribution in [3.05, 3.63) is 23.3 Å². The average molecular weight is 379 g/mol. The van der Waals surface area contributed by atoms with Gasteiger partial charge in [-0.2, -0.15) is 0 Å². The standard InChI is InChI=1S/C22H34O5/c1-16(2)18-10-14-22(19(23)26-3,20(24)27-4)15-17(18)9-8-13-21(25)11-6-5-7-12-21/h8-9,17,25H,5-7,10-15H2,1-4H3/b9-8+. The maximum absolute atomic E-state index is 12.5. The van der Waals surface area contributed by atoms with E-state index in [0.717, 1.165) is 25.7 Å². The first-order valence-corrected chi connectivity index (χ1v) is 10.00. The molecule has 0 amide bonds. The molecule has 0 aromatic heterocycles. The van der Waals surface area contributed by atoms with Crippen LogP contribution in [0.1, 0.15) is 71.6 Å². The fraction of sp³-hybridized carbons (Fsp3) is 0.727. The van der Waals surface area contributed by atoms with Crippen molar-refractivity contribution in [3.8, 4) is 0 Å². The number of carbonyl (C=O) groups excluding carboxylic acids is 2. The molecule has 0 spiro atoms. The highest BCUT2D eigenvalue weighted by Gasteiger charge is 2.52. The molecule has 27 heavy (non-hydrogen) atoms. The van der Waals surface area contributed by atoms with Crippen molar-refractivity contribution < 1.29 is 24.2 Å². The molecular weight excluding hydrogens is 344 g/mol. The van der Waals surface area contributed by atoms with Gasteiger partial charge in [0.15, 0.2) is 5.41 Å². The maximum Gasteiger partial charge on any atom is 0.323 e. The predicted octanol–water partition coefficient (Wildman–Crippen LogP) is 4.10. The lowest BCUT2D eigenvalue weighted by Crippen LogP contribution is -2.45. The Balaban J connectivity index is 2.23. The van der Waals surface area contributed by atoms with E-state index < -0.39 is 23.0 Å². The fourth-order valence-corrected chi connectivity index (χ4v) is 4.65. The summed E-state index contributed by atoms with van der Waals surface area (Å²) in [5.41, 5.74) is 0.602. The molecule has 0 aromatic carbocycles. The SMILES string of the molecule is COC(=O)C1(C(=O)OC)CCC(=C(C)C)C(/C=C/CC2(O)CCCCC2)C1. The average Bonchev–Trinajstić information content (AvgIpc) is 2.66. The van der Waals surface area contributed by atoms with E-state index in [0.29, 0.717) is 25.7 Å². The Morgan fingerprint density at radius 3 is 2.19 bits per heavy atom. The van der Waals surface area contributed by atoms with Gasteiger partial charge in [-0.05, 0) is 58.3 Å². The lowest BCUT2D eigenvalue weighted by Gasteiger charge is -2.37. The second-order valence-electron chi connectivity index (χ2n) is 8.32. The summed E-state index contributed by atoms with van der Waals surface area (Å²) in [7, 11) is 2.62. The normalized spacial score (nSPS) is 24.5. The zero-order chi connectivity index (χ0) is 20.1. The molecule has 1 unspecified atom stereocenters. The Labute approximate surface area is 162 Å². The van der Waals surface area contributed by atoms with Crippen molar-refractivity contribution in [3.63, 3.8) is 0 Å². The first kappa shape index (κ1) is 21.7. The minimum atomic E-state index is -1.25. The Morgan fingerprint density at radius 1 is 1.07 bits per heavy atom. The number of ether oxygens (including phenoxy) is 2. The third-order valence-electron chi connectivity index (χ3n) is 6.28. The zero-order valence-electron chi connectivity index (χ0n) is 17.2. The second kappa shape index (κ2) is 9.05. The van der Waals surface area contributed by atoms with E-state index in [1.54, 1.807) is 0 Å². The van der Waals surface area contributed by atoms with Crippen LogP contribution in [-0.4, -0.2) is 36.9 Å². The van der Waals surface area contributed by atoms with Crippen molar-refractivity contribution in [2.45, 2.75) is 77.2 Å². The quantitative estimate of drug-likeness (QED) is 0.443. The Kier molecular flexibility index (Phi) is 7.26. The third-order valence-corrected chi connectivity index (χ3v) is 6.28. The molecule has 2 saturated carbocycles. The highest BCUT2D eigenvalue weighted by molar-refractivity contribution is 6.00. The highest BCUT2D eigenvalue weighted by atomic mass is 16.5. The van der Waals surface area contributed by atoms with Crippen LogP contribution in [-0.2, 0) is 19.1 Å². The van der Waals surface area contributed by atoms with Crippen LogP contribution in [0.3, 0.4) is 0 Å². The van der Waals surface area contributed by atoms with Gasteiger partial charge >= 0.3 is 11.9 Å². The molecule has 5 nitrogen and oxygen atoms in total. The molecule has 1 atom stereocenters. The molecule has 0 aromatic rings. The molecule has 2 aliphatic rings. The number of carbonyl (C=O) groups is 2. The first-order valence-electron chi connectivity index (χ1n) is 10.00. The fourth-order valence-electron chi connectivity index (χ4n) is 4.65. The molecule has 5 heteroatoms. The number of hydrogen-bond acceptors (Lipinski definition) is 5. The van der Waals surface area contributed by atoms with Crippen LogP contribution in [0, 0.1) is 11.3 Å².